The molecule has 0 saturated carbocycles. The van der Waals surface area contributed by atoms with Crippen LogP contribution in [-0.2, 0) is 6.54 Å². The third kappa shape index (κ3) is 4.51. The number of amides is 1. The van der Waals surface area contributed by atoms with E-state index in [0.717, 1.165) is 16.9 Å². The summed E-state index contributed by atoms with van der Waals surface area (Å²) in [4.78, 5) is 25.7. The van der Waals surface area contributed by atoms with E-state index in [9.17, 15) is 9.59 Å². The Balaban J connectivity index is 1.63. The minimum Gasteiger partial charge on any atom is -0.497 e. The normalized spacial score (nSPS) is 11.0. The summed E-state index contributed by atoms with van der Waals surface area (Å²) in [7, 11) is 1.60. The molecule has 7 heteroatoms. The van der Waals surface area contributed by atoms with Crippen LogP contribution in [-0.4, -0.2) is 29.0 Å². The maximum Gasteiger partial charge on any atom is 0.292 e. The van der Waals surface area contributed by atoms with Gasteiger partial charge in [-0.05, 0) is 41.5 Å². The fourth-order valence-electron chi connectivity index (χ4n) is 3.17. The molecule has 1 amide bonds. The van der Waals surface area contributed by atoms with Gasteiger partial charge in [-0.15, -0.1) is 0 Å². The van der Waals surface area contributed by atoms with Crippen LogP contribution in [0.25, 0.3) is 10.8 Å². The number of carbonyl (C=O) groups excluding carboxylic acids is 1. The van der Waals surface area contributed by atoms with E-state index in [1.165, 1.54) is 10.9 Å². The highest BCUT2D eigenvalue weighted by molar-refractivity contribution is 6.04. The first-order chi connectivity index (χ1) is 15.2. The Kier molecular flexibility index (Phi) is 5.84. The molecule has 0 atom stereocenters. The molecule has 0 saturated heterocycles. The number of benzene rings is 3. The summed E-state index contributed by atoms with van der Waals surface area (Å²) >= 11 is 0. The summed E-state index contributed by atoms with van der Waals surface area (Å²) in [5, 5.41) is 9.28. The molecule has 1 aromatic heterocycles. The van der Waals surface area contributed by atoms with Gasteiger partial charge >= 0.3 is 0 Å². The van der Waals surface area contributed by atoms with Gasteiger partial charge in [-0.1, -0.05) is 48.5 Å². The number of hydrazone groups is 1. The molecule has 1 heterocycles. The number of hydrogen-bond acceptors (Lipinski definition) is 5. The van der Waals surface area contributed by atoms with E-state index in [4.69, 9.17) is 4.74 Å². The van der Waals surface area contributed by atoms with E-state index >= 15 is 0 Å². The maximum atomic E-state index is 12.9. The largest absolute Gasteiger partial charge is 0.497 e. The molecular formula is C24H20N4O3. The summed E-state index contributed by atoms with van der Waals surface area (Å²) in [5.74, 6) is 0.236. The molecule has 4 rings (SSSR count). The Hall–Kier alpha value is -4.26. The number of ether oxygens (including phenoxy) is 1. The van der Waals surface area contributed by atoms with Gasteiger partial charge in [-0.3, -0.25) is 9.59 Å². The van der Waals surface area contributed by atoms with Gasteiger partial charge in [-0.25, -0.2) is 10.1 Å². The quantitative estimate of drug-likeness (QED) is 0.389. The van der Waals surface area contributed by atoms with Gasteiger partial charge in [0.2, 0.25) is 0 Å². The summed E-state index contributed by atoms with van der Waals surface area (Å²) in [5.41, 5.74) is 4.10. The summed E-state index contributed by atoms with van der Waals surface area (Å²) in [6.07, 6.45) is 1.53. The molecule has 7 nitrogen and oxygen atoms in total. The molecule has 0 radical (unpaired) electrons. The van der Waals surface area contributed by atoms with Crippen LogP contribution < -0.4 is 15.7 Å². The van der Waals surface area contributed by atoms with Crippen LogP contribution in [0.15, 0.2) is 88.8 Å². The molecule has 0 aliphatic heterocycles. The molecule has 0 fully saturated rings. The zero-order chi connectivity index (χ0) is 21.6. The highest BCUT2D eigenvalue weighted by Gasteiger charge is 2.16. The fraction of sp³-hybridized carbons (Fsp3) is 0.0833. The standard InChI is InChI=1S/C24H20N4O3/c1-31-19-13-11-17(12-14-19)15-25-26-23(29)22-20-9-5-6-10-21(20)24(30)28(27-22)16-18-7-3-2-4-8-18/h2-15H,16H2,1H3,(H,26,29)/b25-15+. The van der Waals surface area contributed by atoms with E-state index in [1.807, 2.05) is 42.5 Å². The molecule has 0 spiro atoms. The summed E-state index contributed by atoms with van der Waals surface area (Å²) in [6, 6.07) is 23.7. The van der Waals surface area contributed by atoms with Crippen molar-refractivity contribution in [2.45, 2.75) is 6.54 Å². The molecule has 3 aromatic carbocycles. The number of rotatable bonds is 6. The Morgan fingerprint density at radius 2 is 1.68 bits per heavy atom. The average Bonchev–Trinajstić information content (AvgIpc) is 2.82. The van der Waals surface area contributed by atoms with Crippen LogP contribution in [0, 0.1) is 0 Å². The zero-order valence-electron chi connectivity index (χ0n) is 16.9. The minimum absolute atomic E-state index is 0.137. The first-order valence-corrected chi connectivity index (χ1v) is 9.67. The molecule has 0 unspecified atom stereocenters. The van der Waals surface area contributed by atoms with Gasteiger partial charge in [-0.2, -0.15) is 10.2 Å². The molecule has 31 heavy (non-hydrogen) atoms. The minimum atomic E-state index is -0.497. The zero-order valence-corrected chi connectivity index (χ0v) is 16.9. The Morgan fingerprint density at radius 3 is 2.39 bits per heavy atom. The van der Waals surface area contributed by atoms with E-state index < -0.39 is 5.91 Å². The van der Waals surface area contributed by atoms with Crippen molar-refractivity contribution >= 4 is 22.9 Å². The lowest BCUT2D eigenvalue weighted by Gasteiger charge is -2.10. The van der Waals surface area contributed by atoms with Crippen molar-refractivity contribution in [1.82, 2.24) is 15.2 Å². The lowest BCUT2D eigenvalue weighted by atomic mass is 10.1. The average molecular weight is 412 g/mol. The second-order valence-electron chi connectivity index (χ2n) is 6.81. The Bertz CT molecular complexity index is 1300. The Morgan fingerprint density at radius 1 is 1.00 bits per heavy atom. The molecule has 0 aliphatic rings. The van der Waals surface area contributed by atoms with E-state index in [0.29, 0.717) is 10.8 Å². The topological polar surface area (TPSA) is 85.6 Å². The van der Waals surface area contributed by atoms with Gasteiger partial charge in [0.05, 0.1) is 25.3 Å². The fourth-order valence-corrected chi connectivity index (χ4v) is 3.17. The second-order valence-corrected chi connectivity index (χ2v) is 6.81. The van der Waals surface area contributed by atoms with Gasteiger partial charge in [0.1, 0.15) is 5.75 Å². The van der Waals surface area contributed by atoms with Crippen molar-refractivity contribution < 1.29 is 9.53 Å². The van der Waals surface area contributed by atoms with E-state index in [2.05, 4.69) is 15.6 Å². The van der Waals surface area contributed by atoms with Crippen molar-refractivity contribution in [3.63, 3.8) is 0 Å². The molecule has 0 aliphatic carbocycles. The SMILES string of the molecule is COc1ccc(/C=N/NC(=O)c2nn(Cc3ccccc3)c(=O)c3ccccc23)cc1. The monoisotopic (exact) mass is 412 g/mol. The van der Waals surface area contributed by atoms with Crippen LogP contribution in [0.2, 0.25) is 0 Å². The smallest absolute Gasteiger partial charge is 0.292 e. The van der Waals surface area contributed by atoms with Crippen LogP contribution in [0.5, 0.6) is 5.75 Å². The molecule has 0 bridgehead atoms. The van der Waals surface area contributed by atoms with Gasteiger partial charge < -0.3 is 4.74 Å². The van der Waals surface area contributed by atoms with Gasteiger partial charge in [0.25, 0.3) is 11.5 Å². The van der Waals surface area contributed by atoms with Gasteiger partial charge in [0, 0.05) is 5.39 Å². The molecule has 4 aromatic rings. The third-order valence-electron chi connectivity index (χ3n) is 4.75. The summed E-state index contributed by atoms with van der Waals surface area (Å²) < 4.78 is 6.43. The molecule has 154 valence electrons. The van der Waals surface area contributed by atoms with Crippen molar-refractivity contribution in [2.75, 3.05) is 7.11 Å². The predicted octanol–water partition coefficient (Wildman–Crippen LogP) is 3.22. The molecule has 1 N–H and O–H groups in total. The number of nitrogens with zero attached hydrogens (tertiary/aromatic N) is 3. The predicted molar refractivity (Wildman–Crippen MR) is 120 cm³/mol. The van der Waals surface area contributed by atoms with Crippen LogP contribution in [0.3, 0.4) is 0 Å². The maximum absolute atomic E-state index is 12.9. The molecular weight excluding hydrogens is 392 g/mol. The highest BCUT2D eigenvalue weighted by Crippen LogP contribution is 2.14. The number of fused-ring (bicyclic) bond motifs is 1. The number of carbonyl (C=O) groups is 1. The van der Waals surface area contributed by atoms with Crippen LogP contribution in [0.1, 0.15) is 21.6 Å². The first-order valence-electron chi connectivity index (χ1n) is 9.67. The van der Waals surface area contributed by atoms with Crippen LogP contribution >= 0.6 is 0 Å². The number of methoxy groups -OCH3 is 1. The van der Waals surface area contributed by atoms with Crippen molar-refractivity contribution in [3.05, 3.63) is 106 Å². The van der Waals surface area contributed by atoms with E-state index in [-0.39, 0.29) is 17.8 Å². The first kappa shape index (κ1) is 20.0. The highest BCUT2D eigenvalue weighted by atomic mass is 16.5. The lowest BCUT2D eigenvalue weighted by molar-refractivity contribution is 0.0949. The number of nitrogens with one attached hydrogen (secondary N) is 1. The van der Waals surface area contributed by atoms with Crippen molar-refractivity contribution in [2.24, 2.45) is 5.10 Å². The van der Waals surface area contributed by atoms with Crippen molar-refractivity contribution in [3.8, 4) is 5.75 Å². The Labute approximate surface area is 178 Å². The van der Waals surface area contributed by atoms with Crippen molar-refractivity contribution in [1.29, 1.82) is 0 Å². The van der Waals surface area contributed by atoms with E-state index in [1.54, 1.807) is 43.5 Å². The number of hydrogen-bond donors (Lipinski definition) is 1. The number of aromatic nitrogens is 2. The summed E-state index contributed by atoms with van der Waals surface area (Å²) in [6.45, 7) is 0.264. The second kappa shape index (κ2) is 9.04. The van der Waals surface area contributed by atoms with Gasteiger partial charge in [0.15, 0.2) is 5.69 Å². The lowest BCUT2D eigenvalue weighted by Crippen LogP contribution is -2.29. The third-order valence-corrected chi connectivity index (χ3v) is 4.75. The van der Waals surface area contributed by atoms with Crippen LogP contribution in [0.4, 0.5) is 0 Å².